The van der Waals surface area contributed by atoms with Gasteiger partial charge in [0.05, 0.1) is 25.4 Å². The quantitative estimate of drug-likeness (QED) is 0.0168. The number of hydrogen-bond donors (Lipinski definition) is 9. The molecule has 0 heterocycles. The number of thiocarbonyl (C=S) groups is 2. The number of rotatable bonds is 45. The fourth-order valence-electron chi connectivity index (χ4n) is 7.52. The number of carbonyl (C=O) groups excluding carboxylic acids is 5. The van der Waals surface area contributed by atoms with Gasteiger partial charge in [0, 0.05) is 131 Å². The first-order valence-corrected chi connectivity index (χ1v) is 27.2. The fourth-order valence-corrected chi connectivity index (χ4v) is 7.96. The summed E-state index contributed by atoms with van der Waals surface area (Å²) < 4.78 is 27.8. The van der Waals surface area contributed by atoms with Crippen LogP contribution in [0.1, 0.15) is 129 Å². The second kappa shape index (κ2) is 44.7. The van der Waals surface area contributed by atoms with Gasteiger partial charge in [-0.3, -0.25) is 39.6 Å². The highest BCUT2D eigenvalue weighted by Gasteiger charge is 2.17. The number of unbranched alkanes of at least 4 members (excludes halogenated alkanes) is 6. The van der Waals surface area contributed by atoms with Gasteiger partial charge in [-0.15, -0.1) is 0 Å². The zero-order chi connectivity index (χ0) is 55.5. The van der Waals surface area contributed by atoms with Crippen molar-refractivity contribution >= 4 is 75.6 Å². The molecule has 0 radical (unpaired) electrons. The lowest BCUT2D eigenvalue weighted by atomic mass is 9.95. The molecule has 22 nitrogen and oxygen atoms in total. The fraction of sp³-hybridized carbons (Fsp3) is 0.745. The summed E-state index contributed by atoms with van der Waals surface area (Å²) in [5, 5.41) is 50.6. The Hall–Kier alpha value is -4.37. The van der Waals surface area contributed by atoms with Crippen molar-refractivity contribution in [2.75, 3.05) is 111 Å². The van der Waals surface area contributed by atoms with Crippen molar-refractivity contribution in [3.63, 3.8) is 0 Å². The first-order chi connectivity index (χ1) is 36.1. The van der Waals surface area contributed by atoms with Crippen molar-refractivity contribution in [2.45, 2.75) is 141 Å². The van der Waals surface area contributed by atoms with Crippen LogP contribution < -0.4 is 31.9 Å². The molecule has 24 heteroatoms. The number of nitrogens with zero attached hydrogens (tertiary/aromatic N) is 3. The highest BCUT2D eigenvalue weighted by Crippen LogP contribution is 2.20. The van der Waals surface area contributed by atoms with Gasteiger partial charge < -0.3 is 55.6 Å². The van der Waals surface area contributed by atoms with Crippen molar-refractivity contribution in [1.29, 1.82) is 0 Å². The third kappa shape index (κ3) is 37.1. The maximum Gasteiger partial charge on any atom is 0.246 e. The van der Waals surface area contributed by atoms with Crippen molar-refractivity contribution in [3.05, 3.63) is 24.3 Å². The molecule has 1 aromatic rings. The Morgan fingerprint density at radius 2 is 0.933 bits per heavy atom. The van der Waals surface area contributed by atoms with Gasteiger partial charge in [0.15, 0.2) is 10.2 Å². The maximum atomic E-state index is 12.4. The van der Waals surface area contributed by atoms with Gasteiger partial charge in [0.2, 0.25) is 29.5 Å². The topological polar surface area (TPSA) is 274 Å². The van der Waals surface area contributed by atoms with Gasteiger partial charge in [0.1, 0.15) is 0 Å². The first kappa shape index (κ1) is 68.6. The van der Waals surface area contributed by atoms with E-state index in [1.165, 1.54) is 6.92 Å². The van der Waals surface area contributed by atoms with Gasteiger partial charge in [-0.1, -0.05) is 6.42 Å². The van der Waals surface area contributed by atoms with Gasteiger partial charge in [-0.25, -0.2) is 15.2 Å². The lowest BCUT2D eigenvalue weighted by Crippen LogP contribution is -2.31. The predicted molar refractivity (Wildman–Crippen MR) is 294 cm³/mol. The van der Waals surface area contributed by atoms with E-state index in [1.807, 2.05) is 24.3 Å². The first-order valence-electron chi connectivity index (χ1n) is 26.4. The van der Waals surface area contributed by atoms with Crippen molar-refractivity contribution in [2.24, 2.45) is 5.92 Å². The summed E-state index contributed by atoms with van der Waals surface area (Å²) in [6.07, 6.45) is 11.2. The van der Waals surface area contributed by atoms with E-state index in [0.29, 0.717) is 129 Å². The zero-order valence-electron chi connectivity index (χ0n) is 45.3. The van der Waals surface area contributed by atoms with Crippen LogP contribution in [0.5, 0.6) is 0 Å². The normalized spacial score (nSPS) is 12.2. The molecule has 0 fully saturated rings. The maximum absolute atomic E-state index is 12.4. The number of nitrogens with one attached hydrogen (secondary N) is 6. The number of methoxy groups -OCH3 is 4. The van der Waals surface area contributed by atoms with E-state index >= 15 is 0 Å². The zero-order valence-corrected chi connectivity index (χ0v) is 47.0. The van der Waals surface area contributed by atoms with Crippen LogP contribution in [0.2, 0.25) is 0 Å². The summed E-state index contributed by atoms with van der Waals surface area (Å²) >= 11 is 11.0. The van der Waals surface area contributed by atoms with E-state index in [1.54, 1.807) is 28.4 Å². The summed E-state index contributed by atoms with van der Waals surface area (Å²) in [5.41, 5.74) is 1.64. The molecule has 0 saturated heterocycles. The van der Waals surface area contributed by atoms with Crippen LogP contribution in [0.25, 0.3) is 0 Å². The molecule has 75 heavy (non-hydrogen) atoms. The van der Waals surface area contributed by atoms with Crippen LogP contribution in [0.3, 0.4) is 0 Å². The summed E-state index contributed by atoms with van der Waals surface area (Å²) in [4.78, 5) is 59.8. The molecule has 9 N–H and O–H groups in total. The second-order valence-corrected chi connectivity index (χ2v) is 19.1. The molecule has 0 spiro atoms. The Morgan fingerprint density at radius 3 is 1.37 bits per heavy atom. The number of anilines is 2. The number of ether oxygens (including phenoxy) is 5. The molecule has 0 bridgehead atoms. The minimum atomic E-state index is -0.563. The third-order valence-corrected chi connectivity index (χ3v) is 12.5. The average Bonchev–Trinajstić information content (AvgIpc) is 3.39. The molecule has 5 amide bonds. The van der Waals surface area contributed by atoms with E-state index in [-0.39, 0.29) is 69.3 Å². The number of benzene rings is 1. The number of hydroxylamine groups is 6. The Bertz CT molecular complexity index is 1740. The largest absolute Gasteiger partial charge is 0.382 e. The number of carbonyl (C=O) groups is 5. The standard InChI is InChI=1S/C51H91N9O13S2/c1-40(61)58(66)33-12-6-9-29-52-46(62)25-27-48(64)59(67)34-13-7-10-30-53-47(63)26-28-49(65)60(68)35-14-8-11-31-54-50(74)56-42-20-22-43(23-21-42)57-51(75)55-32-16-36-73-37-41(19-24-45(72-5)39-70-3)17-15-18-44(71-4)38-69-2/h20-23,41,44-45,66-68H,6-19,24-39H2,1-5H3,(H,52,62)(H,53,63)(H2,54,56,74)(H2,55,57,75). The van der Waals surface area contributed by atoms with Gasteiger partial charge >= 0.3 is 0 Å². The van der Waals surface area contributed by atoms with Gasteiger partial charge in [0.25, 0.3) is 0 Å². The minimum absolute atomic E-state index is 0.0590. The molecule has 0 aliphatic carbocycles. The van der Waals surface area contributed by atoms with Crippen LogP contribution in [0, 0.1) is 5.92 Å². The van der Waals surface area contributed by atoms with E-state index in [4.69, 9.17) is 48.1 Å². The third-order valence-electron chi connectivity index (χ3n) is 12.1. The van der Waals surface area contributed by atoms with E-state index < -0.39 is 17.7 Å². The van der Waals surface area contributed by atoms with Gasteiger partial charge in [-0.2, -0.15) is 0 Å². The summed E-state index contributed by atoms with van der Waals surface area (Å²) in [6.45, 7) is 6.21. The summed E-state index contributed by atoms with van der Waals surface area (Å²) in [5.74, 6) is -1.75. The van der Waals surface area contributed by atoms with E-state index in [9.17, 15) is 39.6 Å². The lowest BCUT2D eigenvalue weighted by Gasteiger charge is -2.21. The lowest BCUT2D eigenvalue weighted by molar-refractivity contribution is -0.166. The average molecular weight is 1100 g/mol. The molecular weight excluding hydrogens is 1010 g/mol. The Morgan fingerprint density at radius 1 is 0.507 bits per heavy atom. The van der Waals surface area contributed by atoms with Crippen LogP contribution in [0.4, 0.5) is 11.4 Å². The molecule has 1 rings (SSSR count). The van der Waals surface area contributed by atoms with Crippen LogP contribution >= 0.6 is 24.4 Å². The molecular formula is C51H91N9O13S2. The summed E-state index contributed by atoms with van der Waals surface area (Å²) in [6, 6.07) is 7.60. The second-order valence-electron chi connectivity index (χ2n) is 18.3. The van der Waals surface area contributed by atoms with Crippen molar-refractivity contribution < 1.29 is 63.3 Å². The molecule has 1 aromatic carbocycles. The van der Waals surface area contributed by atoms with Crippen LogP contribution in [-0.4, -0.2) is 183 Å². The van der Waals surface area contributed by atoms with Gasteiger partial charge in [-0.05, 0) is 145 Å². The Labute approximate surface area is 456 Å². The predicted octanol–water partition coefficient (Wildman–Crippen LogP) is 5.53. The van der Waals surface area contributed by atoms with E-state index in [2.05, 4.69) is 31.9 Å². The summed E-state index contributed by atoms with van der Waals surface area (Å²) in [7, 11) is 6.82. The van der Waals surface area contributed by atoms with Crippen molar-refractivity contribution in [3.8, 4) is 0 Å². The Kier molecular flexibility index (Phi) is 40.9. The highest BCUT2D eigenvalue weighted by atomic mass is 32.1. The highest BCUT2D eigenvalue weighted by molar-refractivity contribution is 7.80. The van der Waals surface area contributed by atoms with E-state index in [0.717, 1.165) is 62.7 Å². The molecule has 3 atom stereocenters. The number of amides is 5. The Balaban J connectivity index is 2.14. The smallest absolute Gasteiger partial charge is 0.246 e. The molecule has 0 saturated carbocycles. The molecule has 0 aromatic heterocycles. The molecule has 430 valence electrons. The molecule has 3 unspecified atom stereocenters. The molecule has 0 aliphatic rings. The monoisotopic (exact) mass is 1100 g/mol. The van der Waals surface area contributed by atoms with Crippen LogP contribution in [-0.2, 0) is 47.7 Å². The SMILES string of the molecule is COCC(CCCC(CCC(COC)OC)COCCCNC(=S)Nc1ccc(NC(=S)NCCCCCN(O)C(=O)CCC(=O)NCCCCCN(O)C(=O)CCC(=O)NCCCCCN(O)C(C)=O)cc1)OC. The molecule has 0 aliphatic heterocycles. The minimum Gasteiger partial charge on any atom is -0.382 e. The van der Waals surface area contributed by atoms with Crippen molar-refractivity contribution in [1.82, 2.24) is 36.5 Å². The van der Waals surface area contributed by atoms with Crippen LogP contribution in [0.15, 0.2) is 24.3 Å². The number of hydrogen-bond acceptors (Lipinski definition) is 15.